The molecule has 0 amide bonds. The molecule has 3 heteroatoms. The summed E-state index contributed by atoms with van der Waals surface area (Å²) in [5.41, 5.74) is 5.96. The molecule has 2 unspecified atom stereocenters. The zero-order chi connectivity index (χ0) is 10.4. The van der Waals surface area contributed by atoms with Gasteiger partial charge in [0.2, 0.25) is 0 Å². The number of nitrogens with two attached hydrogens (primary N) is 1. The standard InChI is InChI=1S/C11H24N2O/c1-10-9-13(7-5-11(10)12)6-3-2-4-8-14/h10-11,14H,2-9,12H2,1H3. The van der Waals surface area contributed by atoms with Crippen molar-refractivity contribution in [3.8, 4) is 0 Å². The van der Waals surface area contributed by atoms with E-state index in [1.807, 2.05) is 0 Å². The van der Waals surface area contributed by atoms with E-state index in [4.69, 9.17) is 10.8 Å². The Morgan fingerprint density at radius 2 is 2.14 bits per heavy atom. The Labute approximate surface area is 87.3 Å². The first kappa shape index (κ1) is 12.0. The monoisotopic (exact) mass is 200 g/mol. The molecule has 0 aromatic rings. The van der Waals surface area contributed by atoms with Gasteiger partial charge in [-0.3, -0.25) is 0 Å². The fourth-order valence-corrected chi connectivity index (χ4v) is 2.08. The predicted octanol–water partition coefficient (Wildman–Crippen LogP) is 0.818. The zero-order valence-electron chi connectivity index (χ0n) is 9.28. The van der Waals surface area contributed by atoms with Gasteiger partial charge in [0, 0.05) is 19.2 Å². The van der Waals surface area contributed by atoms with Gasteiger partial charge in [-0.05, 0) is 44.7 Å². The molecule has 0 aromatic carbocycles. The van der Waals surface area contributed by atoms with Gasteiger partial charge < -0.3 is 15.7 Å². The average molecular weight is 200 g/mol. The number of rotatable bonds is 5. The molecule has 0 bridgehead atoms. The molecular formula is C11H24N2O. The van der Waals surface area contributed by atoms with Crippen LogP contribution in [0.2, 0.25) is 0 Å². The van der Waals surface area contributed by atoms with Crippen molar-refractivity contribution in [2.24, 2.45) is 11.7 Å². The van der Waals surface area contributed by atoms with E-state index in [0.717, 1.165) is 32.4 Å². The maximum atomic E-state index is 8.65. The number of likely N-dealkylation sites (tertiary alicyclic amines) is 1. The van der Waals surface area contributed by atoms with E-state index in [9.17, 15) is 0 Å². The van der Waals surface area contributed by atoms with Crippen LogP contribution in [0.1, 0.15) is 32.6 Å². The van der Waals surface area contributed by atoms with Crippen molar-refractivity contribution in [2.75, 3.05) is 26.2 Å². The van der Waals surface area contributed by atoms with Crippen molar-refractivity contribution in [2.45, 2.75) is 38.6 Å². The smallest absolute Gasteiger partial charge is 0.0431 e. The normalized spacial score (nSPS) is 29.4. The minimum absolute atomic E-state index is 0.335. The molecule has 3 N–H and O–H groups in total. The van der Waals surface area contributed by atoms with Crippen molar-refractivity contribution in [1.29, 1.82) is 0 Å². The number of nitrogens with zero attached hydrogens (tertiary/aromatic N) is 1. The van der Waals surface area contributed by atoms with Crippen molar-refractivity contribution < 1.29 is 5.11 Å². The van der Waals surface area contributed by atoms with Crippen LogP contribution >= 0.6 is 0 Å². The van der Waals surface area contributed by atoms with Crippen LogP contribution in [-0.4, -0.2) is 42.3 Å². The first-order chi connectivity index (χ1) is 6.74. The van der Waals surface area contributed by atoms with Gasteiger partial charge >= 0.3 is 0 Å². The minimum atomic E-state index is 0.335. The molecule has 3 nitrogen and oxygen atoms in total. The highest BCUT2D eigenvalue weighted by Gasteiger charge is 2.22. The fourth-order valence-electron chi connectivity index (χ4n) is 2.08. The van der Waals surface area contributed by atoms with Crippen LogP contribution < -0.4 is 5.73 Å². The summed E-state index contributed by atoms with van der Waals surface area (Å²) < 4.78 is 0. The van der Waals surface area contributed by atoms with Gasteiger partial charge in [0.15, 0.2) is 0 Å². The molecule has 14 heavy (non-hydrogen) atoms. The van der Waals surface area contributed by atoms with E-state index in [-0.39, 0.29) is 0 Å². The highest BCUT2D eigenvalue weighted by atomic mass is 16.2. The number of aliphatic hydroxyl groups is 1. The molecule has 84 valence electrons. The minimum Gasteiger partial charge on any atom is -0.396 e. The average Bonchev–Trinajstić information content (AvgIpc) is 2.18. The van der Waals surface area contributed by atoms with E-state index in [0.29, 0.717) is 18.6 Å². The lowest BCUT2D eigenvalue weighted by molar-refractivity contribution is 0.160. The Hall–Kier alpha value is -0.120. The maximum Gasteiger partial charge on any atom is 0.0431 e. The van der Waals surface area contributed by atoms with Crippen LogP contribution in [0.4, 0.5) is 0 Å². The lowest BCUT2D eigenvalue weighted by atomic mass is 9.95. The SMILES string of the molecule is CC1CN(CCCCCO)CCC1N. The molecule has 0 spiro atoms. The molecule has 1 aliphatic rings. The Morgan fingerprint density at radius 1 is 1.36 bits per heavy atom. The summed E-state index contributed by atoms with van der Waals surface area (Å²) in [6, 6.07) is 0.406. The van der Waals surface area contributed by atoms with Crippen molar-refractivity contribution in [3.63, 3.8) is 0 Å². The second-order valence-corrected chi connectivity index (χ2v) is 4.51. The third-order valence-corrected chi connectivity index (χ3v) is 3.19. The lowest BCUT2D eigenvalue weighted by Gasteiger charge is -2.35. The summed E-state index contributed by atoms with van der Waals surface area (Å²) >= 11 is 0. The van der Waals surface area contributed by atoms with Crippen LogP contribution in [-0.2, 0) is 0 Å². The third-order valence-electron chi connectivity index (χ3n) is 3.19. The van der Waals surface area contributed by atoms with Gasteiger partial charge in [-0.15, -0.1) is 0 Å². The molecule has 1 rings (SSSR count). The van der Waals surface area contributed by atoms with Gasteiger partial charge in [0.25, 0.3) is 0 Å². The van der Waals surface area contributed by atoms with Crippen LogP contribution in [0.3, 0.4) is 0 Å². The van der Waals surface area contributed by atoms with Crippen LogP contribution in [0.5, 0.6) is 0 Å². The lowest BCUT2D eigenvalue weighted by Crippen LogP contribution is -2.46. The second-order valence-electron chi connectivity index (χ2n) is 4.51. The number of piperidine rings is 1. The molecule has 1 fully saturated rings. The molecular weight excluding hydrogens is 176 g/mol. The highest BCUT2D eigenvalue weighted by molar-refractivity contribution is 4.79. The molecule has 2 atom stereocenters. The summed E-state index contributed by atoms with van der Waals surface area (Å²) in [4.78, 5) is 2.51. The summed E-state index contributed by atoms with van der Waals surface area (Å²) in [6.07, 6.45) is 4.44. The Kier molecular flexibility index (Phi) is 5.45. The van der Waals surface area contributed by atoms with E-state index in [2.05, 4.69) is 11.8 Å². The van der Waals surface area contributed by atoms with E-state index < -0.39 is 0 Å². The summed E-state index contributed by atoms with van der Waals surface area (Å²) in [6.45, 7) is 6.06. The fraction of sp³-hybridized carbons (Fsp3) is 1.00. The number of aliphatic hydroxyl groups excluding tert-OH is 1. The summed E-state index contributed by atoms with van der Waals surface area (Å²) in [7, 11) is 0. The van der Waals surface area contributed by atoms with E-state index >= 15 is 0 Å². The number of hydrogen-bond donors (Lipinski definition) is 2. The zero-order valence-corrected chi connectivity index (χ0v) is 9.28. The van der Waals surface area contributed by atoms with Crippen LogP contribution in [0.25, 0.3) is 0 Å². The quantitative estimate of drug-likeness (QED) is 0.646. The Bertz CT molecular complexity index is 152. The topological polar surface area (TPSA) is 49.5 Å². The van der Waals surface area contributed by atoms with Gasteiger partial charge in [0.05, 0.1) is 0 Å². The molecule has 0 radical (unpaired) electrons. The first-order valence-electron chi connectivity index (χ1n) is 5.83. The van der Waals surface area contributed by atoms with Crippen LogP contribution in [0, 0.1) is 5.92 Å². The number of hydrogen-bond acceptors (Lipinski definition) is 3. The van der Waals surface area contributed by atoms with E-state index in [1.54, 1.807) is 0 Å². The van der Waals surface area contributed by atoms with Crippen molar-refractivity contribution >= 4 is 0 Å². The molecule has 1 aliphatic heterocycles. The highest BCUT2D eigenvalue weighted by Crippen LogP contribution is 2.15. The largest absolute Gasteiger partial charge is 0.396 e. The second kappa shape index (κ2) is 6.38. The Morgan fingerprint density at radius 3 is 2.79 bits per heavy atom. The maximum absolute atomic E-state index is 8.65. The Balaban J connectivity index is 2.07. The third kappa shape index (κ3) is 3.95. The first-order valence-corrected chi connectivity index (χ1v) is 5.83. The van der Waals surface area contributed by atoms with Gasteiger partial charge in [-0.25, -0.2) is 0 Å². The summed E-state index contributed by atoms with van der Waals surface area (Å²) in [5.74, 6) is 0.640. The summed E-state index contributed by atoms with van der Waals surface area (Å²) in [5, 5.41) is 8.65. The van der Waals surface area contributed by atoms with E-state index in [1.165, 1.54) is 13.0 Å². The number of unbranched alkanes of at least 4 members (excludes halogenated alkanes) is 2. The van der Waals surface area contributed by atoms with Gasteiger partial charge in [-0.1, -0.05) is 6.92 Å². The molecule has 0 aromatic heterocycles. The predicted molar refractivity (Wildman–Crippen MR) is 59.1 cm³/mol. The van der Waals surface area contributed by atoms with Gasteiger partial charge in [-0.2, -0.15) is 0 Å². The molecule has 1 saturated heterocycles. The van der Waals surface area contributed by atoms with Crippen molar-refractivity contribution in [1.82, 2.24) is 4.90 Å². The van der Waals surface area contributed by atoms with Crippen LogP contribution in [0.15, 0.2) is 0 Å². The van der Waals surface area contributed by atoms with Crippen molar-refractivity contribution in [3.05, 3.63) is 0 Å². The molecule has 1 heterocycles. The molecule has 0 saturated carbocycles. The van der Waals surface area contributed by atoms with Gasteiger partial charge in [0.1, 0.15) is 0 Å². The molecule has 0 aliphatic carbocycles.